The lowest BCUT2D eigenvalue weighted by Crippen LogP contribution is -2.24. The van der Waals surface area contributed by atoms with Crippen molar-refractivity contribution in [3.63, 3.8) is 0 Å². The van der Waals surface area contributed by atoms with E-state index in [1.807, 2.05) is 13.8 Å². The summed E-state index contributed by atoms with van der Waals surface area (Å²) in [6.07, 6.45) is 2.46. The summed E-state index contributed by atoms with van der Waals surface area (Å²) in [6.45, 7) is 12.0. The van der Waals surface area contributed by atoms with Crippen LogP contribution in [-0.2, 0) is 6.54 Å². The average molecular weight is 264 g/mol. The monoisotopic (exact) mass is 264 g/mol. The molecule has 0 amide bonds. The highest BCUT2D eigenvalue weighted by atomic mass is 15.1. The Morgan fingerprint density at radius 2 is 1.32 bits per heavy atom. The molecule has 0 saturated carbocycles. The van der Waals surface area contributed by atoms with Gasteiger partial charge in [0, 0.05) is 26.3 Å². The summed E-state index contributed by atoms with van der Waals surface area (Å²) < 4.78 is 0. The molecule has 0 atom stereocenters. The molecule has 0 N–H and O–H groups in total. The van der Waals surface area contributed by atoms with Crippen molar-refractivity contribution in [2.24, 2.45) is 0 Å². The summed E-state index contributed by atoms with van der Waals surface area (Å²) in [4.78, 5) is 4.67. The zero-order chi connectivity index (χ0) is 14.7. The van der Waals surface area contributed by atoms with Gasteiger partial charge in [0.05, 0.1) is 0 Å². The molecule has 0 heterocycles. The molecule has 0 aliphatic rings. The van der Waals surface area contributed by atoms with Crippen LogP contribution in [0.5, 0.6) is 0 Å². The summed E-state index contributed by atoms with van der Waals surface area (Å²) >= 11 is 0. The van der Waals surface area contributed by atoms with Crippen molar-refractivity contribution < 1.29 is 0 Å². The molecule has 0 aliphatic carbocycles. The summed E-state index contributed by atoms with van der Waals surface area (Å²) in [5, 5.41) is 0. The van der Waals surface area contributed by atoms with Crippen molar-refractivity contribution in [2.75, 3.05) is 32.1 Å². The van der Waals surface area contributed by atoms with Crippen LogP contribution in [-0.4, -0.2) is 32.1 Å². The van der Waals surface area contributed by atoms with Crippen molar-refractivity contribution in [3.8, 4) is 0 Å². The van der Waals surface area contributed by atoms with E-state index >= 15 is 0 Å². The van der Waals surface area contributed by atoms with Gasteiger partial charge in [-0.25, -0.2) is 0 Å². The highest BCUT2D eigenvalue weighted by molar-refractivity contribution is 5.45. The van der Waals surface area contributed by atoms with Crippen LogP contribution in [0.3, 0.4) is 0 Å². The Balaban J connectivity index is 0.00000154. The normalized spacial score (nSPS) is 10.1. The second-order valence-corrected chi connectivity index (χ2v) is 4.84. The molecule has 0 radical (unpaired) electrons. The zero-order valence-electron chi connectivity index (χ0n) is 13.7. The minimum absolute atomic E-state index is 1.08. The molecule has 1 rings (SSSR count). The lowest BCUT2D eigenvalue weighted by Gasteiger charge is -2.21. The Morgan fingerprint density at radius 3 is 1.68 bits per heavy atom. The lowest BCUT2D eigenvalue weighted by molar-refractivity contribution is 0.266. The fraction of sp³-hybridized carbons (Fsp3) is 0.647. The molecule has 0 aromatic heterocycles. The number of benzene rings is 1. The molecule has 1 aromatic carbocycles. The topological polar surface area (TPSA) is 6.48 Å². The number of hydrogen-bond donors (Lipinski definition) is 0. The predicted molar refractivity (Wildman–Crippen MR) is 88.0 cm³/mol. The van der Waals surface area contributed by atoms with Gasteiger partial charge in [0.15, 0.2) is 0 Å². The first-order chi connectivity index (χ1) is 9.17. The number of nitrogens with zero attached hydrogens (tertiary/aromatic N) is 2. The Bertz CT molecular complexity index is 298. The maximum Gasteiger partial charge on any atom is 0.0361 e. The van der Waals surface area contributed by atoms with Crippen molar-refractivity contribution in [2.45, 2.75) is 47.1 Å². The predicted octanol–water partition coefficient (Wildman–Crippen LogP) is 4.40. The maximum atomic E-state index is 2.53. The van der Waals surface area contributed by atoms with Gasteiger partial charge >= 0.3 is 0 Å². The average Bonchev–Trinajstić information content (AvgIpc) is 2.42. The first-order valence-corrected chi connectivity index (χ1v) is 7.66. The molecular formula is C17H32N2. The van der Waals surface area contributed by atoms with Crippen LogP contribution >= 0.6 is 0 Å². The fourth-order valence-electron chi connectivity index (χ4n) is 2.06. The SMILES string of the molecule is CC.CCCN(CCC)Cc1ccc(N(C)C)cc1. The number of rotatable bonds is 7. The van der Waals surface area contributed by atoms with Crippen molar-refractivity contribution in [1.82, 2.24) is 4.90 Å². The maximum absolute atomic E-state index is 2.53. The quantitative estimate of drug-likeness (QED) is 0.720. The van der Waals surface area contributed by atoms with Gasteiger partial charge in [-0.2, -0.15) is 0 Å². The first kappa shape index (κ1) is 18.0. The van der Waals surface area contributed by atoms with E-state index in [1.165, 1.54) is 37.2 Å². The Kier molecular flexibility index (Phi) is 10.3. The standard InChI is InChI=1S/C15H26N2.C2H6/c1-5-11-17(12-6-2)13-14-7-9-15(10-8-14)16(3)4;1-2/h7-10H,5-6,11-13H2,1-4H3;1-2H3. The minimum Gasteiger partial charge on any atom is -0.378 e. The second kappa shape index (κ2) is 10.9. The summed E-state index contributed by atoms with van der Waals surface area (Å²) in [6, 6.07) is 8.89. The van der Waals surface area contributed by atoms with Crippen molar-refractivity contribution in [1.29, 1.82) is 0 Å². The fourth-order valence-corrected chi connectivity index (χ4v) is 2.06. The number of anilines is 1. The molecular weight excluding hydrogens is 232 g/mol. The zero-order valence-corrected chi connectivity index (χ0v) is 13.7. The van der Waals surface area contributed by atoms with Gasteiger partial charge in [-0.3, -0.25) is 4.90 Å². The molecule has 0 saturated heterocycles. The molecule has 1 aromatic rings. The van der Waals surface area contributed by atoms with Gasteiger partial charge in [-0.05, 0) is 43.6 Å². The van der Waals surface area contributed by atoms with E-state index in [4.69, 9.17) is 0 Å². The van der Waals surface area contributed by atoms with Crippen LogP contribution in [0.4, 0.5) is 5.69 Å². The smallest absolute Gasteiger partial charge is 0.0361 e. The van der Waals surface area contributed by atoms with Crippen LogP contribution < -0.4 is 4.90 Å². The van der Waals surface area contributed by atoms with E-state index in [1.54, 1.807) is 0 Å². The van der Waals surface area contributed by atoms with Crippen molar-refractivity contribution >= 4 is 5.69 Å². The van der Waals surface area contributed by atoms with E-state index < -0.39 is 0 Å². The molecule has 0 unspecified atom stereocenters. The van der Waals surface area contributed by atoms with E-state index in [0.717, 1.165) is 6.54 Å². The highest BCUT2D eigenvalue weighted by Crippen LogP contribution is 2.14. The Hall–Kier alpha value is -1.02. The first-order valence-electron chi connectivity index (χ1n) is 7.66. The summed E-state index contributed by atoms with van der Waals surface area (Å²) in [7, 11) is 4.16. The molecule has 0 spiro atoms. The van der Waals surface area contributed by atoms with Crippen LogP contribution in [0.15, 0.2) is 24.3 Å². The lowest BCUT2D eigenvalue weighted by atomic mass is 10.2. The van der Waals surface area contributed by atoms with Gasteiger partial charge < -0.3 is 4.90 Å². The third-order valence-corrected chi connectivity index (χ3v) is 2.94. The molecule has 2 nitrogen and oxygen atoms in total. The molecule has 110 valence electrons. The van der Waals surface area contributed by atoms with E-state index in [-0.39, 0.29) is 0 Å². The van der Waals surface area contributed by atoms with Gasteiger partial charge in [0.1, 0.15) is 0 Å². The Labute approximate surface area is 120 Å². The molecule has 0 fully saturated rings. The minimum atomic E-state index is 1.08. The second-order valence-electron chi connectivity index (χ2n) is 4.84. The van der Waals surface area contributed by atoms with Crippen LogP contribution in [0.1, 0.15) is 46.1 Å². The van der Waals surface area contributed by atoms with E-state index in [2.05, 4.69) is 62.0 Å². The Morgan fingerprint density at radius 1 is 0.842 bits per heavy atom. The van der Waals surface area contributed by atoms with Gasteiger partial charge in [-0.15, -0.1) is 0 Å². The van der Waals surface area contributed by atoms with Crippen molar-refractivity contribution in [3.05, 3.63) is 29.8 Å². The van der Waals surface area contributed by atoms with Gasteiger partial charge in [0.2, 0.25) is 0 Å². The van der Waals surface area contributed by atoms with Gasteiger partial charge in [-0.1, -0.05) is 39.8 Å². The highest BCUT2D eigenvalue weighted by Gasteiger charge is 2.04. The third kappa shape index (κ3) is 7.22. The van der Waals surface area contributed by atoms with Gasteiger partial charge in [0.25, 0.3) is 0 Å². The number of hydrogen-bond acceptors (Lipinski definition) is 2. The molecule has 0 aliphatic heterocycles. The largest absolute Gasteiger partial charge is 0.378 e. The van der Waals surface area contributed by atoms with Crippen LogP contribution in [0.2, 0.25) is 0 Å². The van der Waals surface area contributed by atoms with E-state index in [0.29, 0.717) is 0 Å². The summed E-state index contributed by atoms with van der Waals surface area (Å²) in [5.74, 6) is 0. The third-order valence-electron chi connectivity index (χ3n) is 2.94. The molecule has 2 heteroatoms. The molecule has 0 bridgehead atoms. The summed E-state index contributed by atoms with van der Waals surface area (Å²) in [5.41, 5.74) is 2.68. The van der Waals surface area contributed by atoms with E-state index in [9.17, 15) is 0 Å². The molecule has 19 heavy (non-hydrogen) atoms. The van der Waals surface area contributed by atoms with Crippen LogP contribution in [0, 0.1) is 0 Å². The van der Waals surface area contributed by atoms with Crippen LogP contribution in [0.25, 0.3) is 0 Å².